The Morgan fingerprint density at radius 3 is 2.68 bits per heavy atom. The molecule has 0 bridgehead atoms. The first kappa shape index (κ1) is 14.7. The molecule has 1 aromatic carbocycles. The monoisotopic (exact) mass is 301 g/mol. The molecule has 1 saturated carbocycles. The molecule has 0 aromatic heterocycles. The molecule has 3 nitrogen and oxygen atoms in total. The fourth-order valence-corrected chi connectivity index (χ4v) is 3.94. The normalized spacial score (nSPS) is 23.5. The van der Waals surface area contributed by atoms with Crippen molar-refractivity contribution in [3.63, 3.8) is 0 Å². The zero-order chi connectivity index (χ0) is 13.9. The molecule has 0 spiro atoms. The third-order valence-electron chi connectivity index (χ3n) is 3.66. The maximum Gasteiger partial charge on any atom is 0.180 e. The molecule has 1 aliphatic carbocycles. The number of halogens is 1. The number of alkyl halides is 1. The van der Waals surface area contributed by atoms with Crippen LogP contribution in [0, 0.1) is 5.92 Å². The molecule has 19 heavy (non-hydrogen) atoms. The molecule has 0 amide bonds. The molecule has 2 unspecified atom stereocenters. The Morgan fingerprint density at radius 1 is 1.32 bits per heavy atom. The summed E-state index contributed by atoms with van der Waals surface area (Å²) in [4.78, 5) is 0.401. The molecule has 5 heteroatoms. The lowest BCUT2D eigenvalue weighted by atomic mass is 10.1. The van der Waals surface area contributed by atoms with Gasteiger partial charge in [-0.2, -0.15) is 0 Å². The van der Waals surface area contributed by atoms with Crippen LogP contribution in [0.2, 0.25) is 0 Å². The highest BCUT2D eigenvalue weighted by atomic mass is 35.5. The third kappa shape index (κ3) is 3.63. The van der Waals surface area contributed by atoms with Gasteiger partial charge in [-0.15, -0.1) is 11.6 Å². The zero-order valence-electron chi connectivity index (χ0n) is 11.1. The van der Waals surface area contributed by atoms with Gasteiger partial charge in [-0.1, -0.05) is 19.1 Å². The van der Waals surface area contributed by atoms with Gasteiger partial charge in [0.25, 0.3) is 0 Å². The molecule has 2 atom stereocenters. The molecule has 0 radical (unpaired) electrons. The topological polar surface area (TPSA) is 46.2 Å². The minimum absolute atomic E-state index is 0.124. The number of hydrogen-bond donors (Lipinski definition) is 1. The van der Waals surface area contributed by atoms with Gasteiger partial charge < -0.3 is 5.32 Å². The van der Waals surface area contributed by atoms with E-state index in [2.05, 4.69) is 5.32 Å². The van der Waals surface area contributed by atoms with Gasteiger partial charge in [-0.05, 0) is 37.3 Å². The smallest absolute Gasteiger partial charge is 0.180 e. The van der Waals surface area contributed by atoms with E-state index in [4.69, 9.17) is 11.6 Å². The van der Waals surface area contributed by atoms with Gasteiger partial charge >= 0.3 is 0 Å². The third-order valence-corrected chi connectivity index (χ3v) is 5.84. The summed E-state index contributed by atoms with van der Waals surface area (Å²) in [6.45, 7) is 2.46. The van der Waals surface area contributed by atoms with Crippen LogP contribution >= 0.6 is 11.6 Å². The van der Waals surface area contributed by atoms with Crippen molar-refractivity contribution in [2.24, 2.45) is 5.92 Å². The van der Waals surface area contributed by atoms with Gasteiger partial charge in [0.05, 0.1) is 16.3 Å². The molecule has 2 rings (SSSR count). The molecular formula is C14H20ClNO2S. The summed E-state index contributed by atoms with van der Waals surface area (Å²) in [7, 11) is -3.17. The van der Waals surface area contributed by atoms with Crippen molar-refractivity contribution in [3.8, 4) is 0 Å². The molecule has 1 N–H and O–H groups in total. The Bertz CT molecular complexity index is 530. The Balaban J connectivity index is 2.08. The van der Waals surface area contributed by atoms with Crippen LogP contribution in [0.4, 0.5) is 5.69 Å². The molecule has 1 aliphatic rings. The average molecular weight is 302 g/mol. The van der Waals surface area contributed by atoms with Crippen LogP contribution in [0.15, 0.2) is 29.2 Å². The van der Waals surface area contributed by atoms with Crippen molar-refractivity contribution in [1.82, 2.24) is 0 Å². The standard InChI is InChI=1S/C14H20ClNO2S/c1-2-19(17,18)14-6-4-3-5-13(14)16-10-11-7-8-12(15)9-11/h3-6,11-12,16H,2,7-10H2,1H3. The van der Waals surface area contributed by atoms with Crippen LogP contribution in [0.5, 0.6) is 0 Å². The molecule has 0 saturated heterocycles. The lowest BCUT2D eigenvalue weighted by Gasteiger charge is -2.15. The predicted octanol–water partition coefficient (Wildman–Crippen LogP) is 3.30. The van der Waals surface area contributed by atoms with E-state index in [9.17, 15) is 8.42 Å². The first-order chi connectivity index (χ1) is 9.03. The van der Waals surface area contributed by atoms with Gasteiger partial charge in [0, 0.05) is 11.9 Å². The van der Waals surface area contributed by atoms with E-state index in [1.54, 1.807) is 19.1 Å². The number of hydrogen-bond acceptors (Lipinski definition) is 3. The van der Waals surface area contributed by atoms with Gasteiger partial charge in [0.15, 0.2) is 9.84 Å². The highest BCUT2D eigenvalue weighted by Gasteiger charge is 2.23. The minimum atomic E-state index is -3.17. The van der Waals surface area contributed by atoms with Crippen molar-refractivity contribution in [2.45, 2.75) is 36.5 Å². The largest absolute Gasteiger partial charge is 0.384 e. The molecule has 1 fully saturated rings. The van der Waals surface area contributed by atoms with Crippen LogP contribution in [-0.4, -0.2) is 26.1 Å². The molecular weight excluding hydrogens is 282 g/mol. The van der Waals surface area contributed by atoms with Crippen molar-refractivity contribution < 1.29 is 8.42 Å². The Morgan fingerprint density at radius 2 is 2.05 bits per heavy atom. The quantitative estimate of drug-likeness (QED) is 0.849. The first-order valence-electron chi connectivity index (χ1n) is 6.72. The van der Waals surface area contributed by atoms with E-state index in [-0.39, 0.29) is 11.1 Å². The summed E-state index contributed by atoms with van der Waals surface area (Å²) in [6, 6.07) is 7.12. The number of benzene rings is 1. The predicted molar refractivity (Wildman–Crippen MR) is 79.6 cm³/mol. The maximum absolute atomic E-state index is 12.0. The summed E-state index contributed by atoms with van der Waals surface area (Å²) < 4.78 is 24.0. The second kappa shape index (κ2) is 6.14. The molecule has 1 aromatic rings. The summed E-state index contributed by atoms with van der Waals surface area (Å²) in [5.74, 6) is 0.665. The first-order valence-corrected chi connectivity index (χ1v) is 8.81. The van der Waals surface area contributed by atoms with Gasteiger partial charge in [0.1, 0.15) is 0 Å². The highest BCUT2D eigenvalue weighted by Crippen LogP contribution is 2.30. The number of rotatable bonds is 5. The fraction of sp³-hybridized carbons (Fsp3) is 0.571. The van der Waals surface area contributed by atoms with Crippen molar-refractivity contribution >= 4 is 27.1 Å². The van der Waals surface area contributed by atoms with E-state index in [0.29, 0.717) is 16.5 Å². The number of anilines is 1. The van der Waals surface area contributed by atoms with E-state index in [1.807, 2.05) is 12.1 Å². The van der Waals surface area contributed by atoms with Gasteiger partial charge in [0.2, 0.25) is 0 Å². The van der Waals surface area contributed by atoms with Gasteiger partial charge in [-0.25, -0.2) is 8.42 Å². The SMILES string of the molecule is CCS(=O)(=O)c1ccccc1NCC1CCC(Cl)C1. The number of para-hydroxylation sites is 1. The second-order valence-corrected chi connectivity index (χ2v) is 7.92. The van der Waals surface area contributed by atoms with Crippen molar-refractivity contribution in [3.05, 3.63) is 24.3 Å². The van der Waals surface area contributed by atoms with E-state index >= 15 is 0 Å². The second-order valence-electron chi connectivity index (χ2n) is 5.06. The van der Waals surface area contributed by atoms with Crippen molar-refractivity contribution in [1.29, 1.82) is 0 Å². The van der Waals surface area contributed by atoms with Crippen molar-refractivity contribution in [2.75, 3.05) is 17.6 Å². The van der Waals surface area contributed by atoms with Crippen LogP contribution in [0.1, 0.15) is 26.2 Å². The molecule has 0 heterocycles. The Labute approximate surface area is 120 Å². The Hall–Kier alpha value is -0.740. The number of nitrogens with one attached hydrogen (secondary N) is 1. The summed E-state index contributed by atoms with van der Waals surface area (Å²) in [5.41, 5.74) is 0.711. The maximum atomic E-state index is 12.0. The fourth-order valence-electron chi connectivity index (χ4n) is 2.49. The lowest BCUT2D eigenvalue weighted by Crippen LogP contribution is -2.15. The summed E-state index contributed by atoms with van der Waals surface area (Å²) >= 11 is 6.09. The van der Waals surface area contributed by atoms with Crippen LogP contribution < -0.4 is 5.32 Å². The minimum Gasteiger partial charge on any atom is -0.384 e. The molecule has 0 aliphatic heterocycles. The highest BCUT2D eigenvalue weighted by molar-refractivity contribution is 7.91. The van der Waals surface area contributed by atoms with Crippen LogP contribution in [0.3, 0.4) is 0 Å². The van der Waals surface area contributed by atoms with Crippen LogP contribution in [-0.2, 0) is 9.84 Å². The Kier molecular flexibility index (Phi) is 4.74. The molecule has 106 valence electrons. The summed E-state index contributed by atoms with van der Waals surface area (Å²) in [5, 5.41) is 3.56. The van der Waals surface area contributed by atoms with E-state index < -0.39 is 9.84 Å². The number of sulfone groups is 1. The van der Waals surface area contributed by atoms with Crippen LogP contribution in [0.25, 0.3) is 0 Å². The average Bonchev–Trinajstić information content (AvgIpc) is 2.82. The van der Waals surface area contributed by atoms with E-state index in [0.717, 1.165) is 25.8 Å². The van der Waals surface area contributed by atoms with E-state index in [1.165, 1.54) is 0 Å². The summed E-state index contributed by atoms with van der Waals surface area (Å²) in [6.07, 6.45) is 3.18. The zero-order valence-corrected chi connectivity index (χ0v) is 12.7. The lowest BCUT2D eigenvalue weighted by molar-refractivity contribution is 0.578. The van der Waals surface area contributed by atoms with Gasteiger partial charge in [-0.3, -0.25) is 0 Å².